The normalized spacial score (nSPS) is 13.0. The fraction of sp³-hybridized carbons (Fsp3) is 0.500. The number of benzene rings is 1. The van der Waals surface area contributed by atoms with Crippen molar-refractivity contribution in [3.8, 4) is 0 Å². The molecule has 0 heterocycles. The minimum absolute atomic E-state index is 0.188. The molecule has 0 fully saturated rings. The van der Waals surface area contributed by atoms with E-state index in [-0.39, 0.29) is 5.56 Å². The van der Waals surface area contributed by atoms with Gasteiger partial charge in [-0.05, 0) is 26.0 Å². The topological polar surface area (TPSA) is 56.5 Å². The SMILES string of the molecule is CCOC(OCC)C(NN)c1c(F)cccc1F. The average Bonchev–Trinajstić information content (AvgIpc) is 2.34. The third kappa shape index (κ3) is 3.46. The summed E-state index contributed by atoms with van der Waals surface area (Å²) in [5.41, 5.74) is 2.15. The van der Waals surface area contributed by atoms with Crippen LogP contribution in [0.1, 0.15) is 25.5 Å². The van der Waals surface area contributed by atoms with Crippen molar-refractivity contribution in [2.75, 3.05) is 13.2 Å². The van der Waals surface area contributed by atoms with Crippen molar-refractivity contribution in [1.82, 2.24) is 5.43 Å². The zero-order chi connectivity index (χ0) is 13.5. The Bertz CT molecular complexity index is 351. The molecule has 1 rings (SSSR count). The smallest absolute Gasteiger partial charge is 0.178 e. The Balaban J connectivity index is 3.06. The molecule has 1 atom stereocenters. The Kier molecular flexibility index (Phi) is 6.14. The number of ether oxygens (including phenoxy) is 2. The second-order valence-corrected chi connectivity index (χ2v) is 3.56. The van der Waals surface area contributed by atoms with Gasteiger partial charge in [-0.25, -0.2) is 14.2 Å². The van der Waals surface area contributed by atoms with Crippen LogP contribution in [0.25, 0.3) is 0 Å². The van der Waals surface area contributed by atoms with Crippen molar-refractivity contribution < 1.29 is 18.3 Å². The molecule has 0 bridgehead atoms. The minimum atomic E-state index is -0.911. The summed E-state index contributed by atoms with van der Waals surface area (Å²) in [7, 11) is 0. The van der Waals surface area contributed by atoms with Crippen LogP contribution in [0.3, 0.4) is 0 Å². The second-order valence-electron chi connectivity index (χ2n) is 3.56. The largest absolute Gasteiger partial charge is 0.351 e. The molecule has 0 radical (unpaired) electrons. The molecule has 0 aromatic heterocycles. The maximum atomic E-state index is 13.7. The van der Waals surface area contributed by atoms with E-state index in [1.165, 1.54) is 6.07 Å². The summed E-state index contributed by atoms with van der Waals surface area (Å²) in [6.45, 7) is 4.21. The molecule has 0 amide bonds. The van der Waals surface area contributed by atoms with Gasteiger partial charge in [0.2, 0.25) is 0 Å². The van der Waals surface area contributed by atoms with Gasteiger partial charge in [0.05, 0.1) is 0 Å². The van der Waals surface area contributed by atoms with E-state index in [1.807, 2.05) is 0 Å². The van der Waals surface area contributed by atoms with Crippen LogP contribution in [0.4, 0.5) is 8.78 Å². The van der Waals surface area contributed by atoms with Crippen molar-refractivity contribution in [2.24, 2.45) is 5.84 Å². The van der Waals surface area contributed by atoms with Crippen LogP contribution < -0.4 is 11.3 Å². The molecule has 1 unspecified atom stereocenters. The van der Waals surface area contributed by atoms with E-state index in [9.17, 15) is 8.78 Å². The molecule has 0 spiro atoms. The number of hydrogen-bond acceptors (Lipinski definition) is 4. The molecule has 0 saturated carbocycles. The minimum Gasteiger partial charge on any atom is -0.351 e. The number of nitrogens with one attached hydrogen (secondary N) is 1. The lowest BCUT2D eigenvalue weighted by atomic mass is 10.1. The van der Waals surface area contributed by atoms with Crippen molar-refractivity contribution >= 4 is 0 Å². The molecule has 102 valence electrons. The van der Waals surface area contributed by atoms with Gasteiger partial charge >= 0.3 is 0 Å². The summed E-state index contributed by atoms with van der Waals surface area (Å²) in [6, 6.07) is 2.71. The lowest BCUT2D eigenvalue weighted by Gasteiger charge is -2.26. The van der Waals surface area contributed by atoms with Gasteiger partial charge in [0, 0.05) is 18.8 Å². The summed E-state index contributed by atoms with van der Waals surface area (Å²) in [5, 5.41) is 0. The summed E-state index contributed by atoms with van der Waals surface area (Å²) in [6.07, 6.45) is -0.851. The molecule has 0 aliphatic heterocycles. The number of hydrazine groups is 1. The highest BCUT2D eigenvalue weighted by molar-refractivity contribution is 5.23. The first-order chi connectivity index (χ1) is 8.65. The van der Waals surface area contributed by atoms with E-state index in [0.29, 0.717) is 13.2 Å². The quantitative estimate of drug-likeness (QED) is 0.446. The molecule has 0 saturated heterocycles. The number of nitrogens with two attached hydrogens (primary N) is 1. The molecule has 3 N–H and O–H groups in total. The molecule has 18 heavy (non-hydrogen) atoms. The Hall–Kier alpha value is -1.08. The molecule has 0 aliphatic rings. The number of hydrogen-bond donors (Lipinski definition) is 2. The summed E-state index contributed by atoms with van der Waals surface area (Å²) < 4.78 is 38.0. The number of halogens is 2. The Labute approximate surface area is 105 Å². The third-order valence-electron chi connectivity index (χ3n) is 2.42. The maximum Gasteiger partial charge on any atom is 0.178 e. The van der Waals surface area contributed by atoms with Crippen LogP contribution in [-0.2, 0) is 9.47 Å². The fourth-order valence-corrected chi connectivity index (χ4v) is 1.67. The van der Waals surface area contributed by atoms with Crippen molar-refractivity contribution in [3.63, 3.8) is 0 Å². The first-order valence-electron chi connectivity index (χ1n) is 5.78. The van der Waals surface area contributed by atoms with Gasteiger partial charge in [-0.2, -0.15) is 0 Å². The van der Waals surface area contributed by atoms with Gasteiger partial charge in [0.25, 0.3) is 0 Å². The van der Waals surface area contributed by atoms with Crippen LogP contribution in [0.15, 0.2) is 18.2 Å². The monoisotopic (exact) mass is 260 g/mol. The Morgan fingerprint density at radius 1 is 1.17 bits per heavy atom. The van der Waals surface area contributed by atoms with Crippen LogP contribution in [0.5, 0.6) is 0 Å². The third-order valence-corrected chi connectivity index (χ3v) is 2.42. The van der Waals surface area contributed by atoms with Gasteiger partial charge < -0.3 is 9.47 Å². The lowest BCUT2D eigenvalue weighted by Crippen LogP contribution is -2.40. The average molecular weight is 260 g/mol. The van der Waals surface area contributed by atoms with Crippen molar-refractivity contribution in [1.29, 1.82) is 0 Å². The molecular weight excluding hydrogens is 242 g/mol. The first kappa shape index (κ1) is 15.0. The summed E-state index contributed by atoms with van der Waals surface area (Å²) in [5.74, 6) is 3.98. The zero-order valence-electron chi connectivity index (χ0n) is 10.5. The van der Waals surface area contributed by atoms with Gasteiger partial charge in [0.15, 0.2) is 6.29 Å². The predicted molar refractivity (Wildman–Crippen MR) is 63.5 cm³/mol. The molecule has 1 aromatic rings. The predicted octanol–water partition coefficient (Wildman–Crippen LogP) is 1.87. The van der Waals surface area contributed by atoms with Crippen LogP contribution in [-0.4, -0.2) is 19.5 Å². The highest BCUT2D eigenvalue weighted by atomic mass is 19.1. The van der Waals surface area contributed by atoms with Gasteiger partial charge in [-0.1, -0.05) is 6.07 Å². The second kappa shape index (κ2) is 7.38. The first-order valence-corrected chi connectivity index (χ1v) is 5.78. The van der Waals surface area contributed by atoms with Gasteiger partial charge in [0.1, 0.15) is 17.7 Å². The zero-order valence-corrected chi connectivity index (χ0v) is 10.5. The van der Waals surface area contributed by atoms with Crippen molar-refractivity contribution in [3.05, 3.63) is 35.4 Å². The van der Waals surface area contributed by atoms with Crippen molar-refractivity contribution in [2.45, 2.75) is 26.2 Å². The van der Waals surface area contributed by atoms with E-state index < -0.39 is 24.0 Å². The van der Waals surface area contributed by atoms with Crippen LogP contribution in [0, 0.1) is 11.6 Å². The van der Waals surface area contributed by atoms with Crippen LogP contribution >= 0.6 is 0 Å². The molecule has 1 aromatic carbocycles. The van der Waals surface area contributed by atoms with E-state index >= 15 is 0 Å². The Morgan fingerprint density at radius 3 is 2.06 bits per heavy atom. The summed E-state index contributed by atoms with van der Waals surface area (Å²) >= 11 is 0. The maximum absolute atomic E-state index is 13.7. The summed E-state index contributed by atoms with van der Waals surface area (Å²) in [4.78, 5) is 0. The van der Waals surface area contributed by atoms with Gasteiger partial charge in [-0.15, -0.1) is 0 Å². The van der Waals surface area contributed by atoms with E-state index in [4.69, 9.17) is 15.3 Å². The molecule has 6 heteroatoms. The van der Waals surface area contributed by atoms with E-state index in [1.54, 1.807) is 13.8 Å². The van der Waals surface area contributed by atoms with E-state index in [2.05, 4.69) is 5.43 Å². The van der Waals surface area contributed by atoms with Gasteiger partial charge in [-0.3, -0.25) is 5.84 Å². The molecule has 0 aliphatic carbocycles. The Morgan fingerprint density at radius 2 is 1.67 bits per heavy atom. The fourth-order valence-electron chi connectivity index (χ4n) is 1.67. The molecular formula is C12H18F2N2O2. The lowest BCUT2D eigenvalue weighted by molar-refractivity contribution is -0.156. The highest BCUT2D eigenvalue weighted by Crippen LogP contribution is 2.25. The highest BCUT2D eigenvalue weighted by Gasteiger charge is 2.28. The standard InChI is InChI=1S/C12H18F2N2O2/c1-3-17-12(18-4-2)11(16-15)10-8(13)6-5-7-9(10)14/h5-7,11-12,16H,3-4,15H2,1-2H3. The number of rotatable bonds is 7. The van der Waals surface area contributed by atoms with Crippen LogP contribution in [0.2, 0.25) is 0 Å². The van der Waals surface area contributed by atoms with E-state index in [0.717, 1.165) is 12.1 Å². The molecule has 4 nitrogen and oxygen atoms in total.